The van der Waals surface area contributed by atoms with Gasteiger partial charge in [0, 0.05) is 15.0 Å². The van der Waals surface area contributed by atoms with E-state index in [1.54, 1.807) is 0 Å². The molecule has 2 aromatic rings. The van der Waals surface area contributed by atoms with Crippen molar-refractivity contribution in [1.29, 1.82) is 0 Å². The molecule has 0 aliphatic carbocycles. The minimum atomic E-state index is -0.170. The molecule has 1 N–H and O–H groups in total. The number of hydrogen-bond acceptors (Lipinski definition) is 1. The average molecular weight is 415 g/mol. The van der Waals surface area contributed by atoms with Crippen LogP contribution in [0, 0.1) is 12.7 Å². The molecular formula is C17H18Br2FN. The fourth-order valence-electron chi connectivity index (χ4n) is 2.38. The Bertz CT molecular complexity index is 628. The van der Waals surface area contributed by atoms with E-state index in [1.165, 1.54) is 17.2 Å². The molecule has 0 amide bonds. The smallest absolute Gasteiger partial charge is 0.127 e. The molecule has 1 atom stereocenters. The van der Waals surface area contributed by atoms with Crippen LogP contribution in [-0.4, -0.2) is 6.54 Å². The summed E-state index contributed by atoms with van der Waals surface area (Å²) in [7, 11) is 0. The summed E-state index contributed by atoms with van der Waals surface area (Å²) in [6.45, 7) is 4.97. The van der Waals surface area contributed by atoms with E-state index in [2.05, 4.69) is 63.2 Å². The highest BCUT2D eigenvalue weighted by Gasteiger charge is 2.17. The predicted octanol–water partition coefficient (Wildman–Crippen LogP) is 5.55. The fourth-order valence-corrected chi connectivity index (χ4v) is 3.26. The highest BCUT2D eigenvalue weighted by atomic mass is 79.9. The van der Waals surface area contributed by atoms with Gasteiger partial charge in [0.25, 0.3) is 0 Å². The van der Waals surface area contributed by atoms with Crippen molar-refractivity contribution < 1.29 is 4.39 Å². The van der Waals surface area contributed by atoms with E-state index in [4.69, 9.17) is 0 Å². The van der Waals surface area contributed by atoms with Crippen LogP contribution in [0.15, 0.2) is 45.3 Å². The summed E-state index contributed by atoms with van der Waals surface area (Å²) in [5.41, 5.74) is 3.07. The molecule has 2 rings (SSSR count). The Kier molecular flexibility index (Phi) is 5.97. The van der Waals surface area contributed by atoms with Gasteiger partial charge in [0.05, 0.1) is 0 Å². The number of benzene rings is 2. The molecule has 0 aliphatic rings. The molecule has 1 nitrogen and oxygen atoms in total. The average Bonchev–Trinajstić information content (AvgIpc) is 2.44. The van der Waals surface area contributed by atoms with Crippen molar-refractivity contribution in [3.8, 4) is 0 Å². The number of halogens is 3. The first-order chi connectivity index (χ1) is 10.0. The van der Waals surface area contributed by atoms with E-state index < -0.39 is 0 Å². The van der Waals surface area contributed by atoms with Crippen molar-refractivity contribution in [3.63, 3.8) is 0 Å². The van der Waals surface area contributed by atoms with Crippen LogP contribution in [0.5, 0.6) is 0 Å². The second kappa shape index (κ2) is 7.52. The summed E-state index contributed by atoms with van der Waals surface area (Å²) in [5, 5.41) is 3.45. The summed E-state index contributed by atoms with van der Waals surface area (Å²) in [4.78, 5) is 0. The zero-order chi connectivity index (χ0) is 15.4. The zero-order valence-corrected chi connectivity index (χ0v) is 15.3. The fraction of sp³-hybridized carbons (Fsp3) is 0.294. The van der Waals surface area contributed by atoms with Crippen LogP contribution in [0.3, 0.4) is 0 Å². The summed E-state index contributed by atoms with van der Waals surface area (Å²) < 4.78 is 15.9. The van der Waals surface area contributed by atoms with E-state index in [0.717, 1.165) is 21.1 Å². The Hall–Kier alpha value is -0.710. The molecule has 0 fully saturated rings. The van der Waals surface area contributed by atoms with Crippen molar-refractivity contribution in [1.82, 2.24) is 5.32 Å². The third kappa shape index (κ3) is 4.15. The van der Waals surface area contributed by atoms with Crippen LogP contribution in [0.4, 0.5) is 4.39 Å². The minimum Gasteiger partial charge on any atom is -0.310 e. The van der Waals surface area contributed by atoms with E-state index in [-0.39, 0.29) is 11.9 Å². The molecule has 0 saturated heterocycles. The second-order valence-corrected chi connectivity index (χ2v) is 6.74. The Balaban J connectivity index is 2.33. The quantitative estimate of drug-likeness (QED) is 0.675. The van der Waals surface area contributed by atoms with Gasteiger partial charge in [-0.15, -0.1) is 0 Å². The van der Waals surface area contributed by atoms with Gasteiger partial charge in [-0.1, -0.05) is 63.0 Å². The van der Waals surface area contributed by atoms with Gasteiger partial charge in [0.1, 0.15) is 5.82 Å². The first-order valence-corrected chi connectivity index (χ1v) is 8.53. The molecule has 0 aromatic heterocycles. The lowest BCUT2D eigenvalue weighted by Gasteiger charge is -2.21. The molecule has 0 saturated carbocycles. The molecule has 21 heavy (non-hydrogen) atoms. The van der Waals surface area contributed by atoms with Crippen LogP contribution >= 0.6 is 31.9 Å². The lowest BCUT2D eigenvalue weighted by molar-refractivity contribution is 0.526. The van der Waals surface area contributed by atoms with Crippen molar-refractivity contribution in [2.45, 2.75) is 26.3 Å². The zero-order valence-electron chi connectivity index (χ0n) is 12.1. The van der Waals surface area contributed by atoms with E-state index in [9.17, 15) is 4.39 Å². The SMILES string of the molecule is CCNC(Cc1ccc(Br)cc1F)c1cccc(C)c1Br. The number of nitrogens with one attached hydrogen (secondary N) is 1. The number of hydrogen-bond donors (Lipinski definition) is 1. The van der Waals surface area contributed by atoms with Gasteiger partial charge in [0.15, 0.2) is 0 Å². The molecule has 0 radical (unpaired) electrons. The number of aryl methyl sites for hydroxylation is 1. The second-order valence-electron chi connectivity index (χ2n) is 5.03. The maximum atomic E-state index is 14.1. The molecular weight excluding hydrogens is 397 g/mol. The van der Waals surface area contributed by atoms with Crippen LogP contribution in [0.2, 0.25) is 0 Å². The van der Waals surface area contributed by atoms with Gasteiger partial charge in [-0.3, -0.25) is 0 Å². The third-order valence-electron chi connectivity index (χ3n) is 3.49. The van der Waals surface area contributed by atoms with Crippen LogP contribution in [0.25, 0.3) is 0 Å². The third-order valence-corrected chi connectivity index (χ3v) is 5.06. The predicted molar refractivity (Wildman–Crippen MR) is 93.1 cm³/mol. The molecule has 112 valence electrons. The van der Waals surface area contributed by atoms with E-state index >= 15 is 0 Å². The van der Waals surface area contributed by atoms with Crippen LogP contribution < -0.4 is 5.32 Å². The largest absolute Gasteiger partial charge is 0.310 e. The summed E-state index contributed by atoms with van der Waals surface area (Å²) in [6, 6.07) is 11.5. The summed E-state index contributed by atoms with van der Waals surface area (Å²) in [5.74, 6) is -0.170. The van der Waals surface area contributed by atoms with Crippen molar-refractivity contribution in [3.05, 3.63) is 67.9 Å². The van der Waals surface area contributed by atoms with Crippen LogP contribution in [0.1, 0.15) is 29.7 Å². The van der Waals surface area contributed by atoms with Crippen molar-refractivity contribution >= 4 is 31.9 Å². The maximum absolute atomic E-state index is 14.1. The molecule has 1 unspecified atom stereocenters. The Labute approximate surface area is 142 Å². The van der Waals surface area contributed by atoms with Gasteiger partial charge in [-0.25, -0.2) is 4.39 Å². The lowest BCUT2D eigenvalue weighted by atomic mass is 9.97. The first-order valence-electron chi connectivity index (χ1n) is 6.95. The van der Waals surface area contributed by atoms with Gasteiger partial charge in [0.2, 0.25) is 0 Å². The molecule has 0 heterocycles. The highest BCUT2D eigenvalue weighted by Crippen LogP contribution is 2.29. The summed E-state index contributed by atoms with van der Waals surface area (Å²) in [6.07, 6.45) is 0.620. The van der Waals surface area contributed by atoms with Crippen molar-refractivity contribution in [2.75, 3.05) is 6.54 Å². The van der Waals surface area contributed by atoms with E-state index in [0.29, 0.717) is 6.42 Å². The Morgan fingerprint density at radius 1 is 1.19 bits per heavy atom. The van der Waals surface area contributed by atoms with Gasteiger partial charge < -0.3 is 5.32 Å². The van der Waals surface area contributed by atoms with Crippen LogP contribution in [-0.2, 0) is 6.42 Å². The van der Waals surface area contributed by atoms with Crippen molar-refractivity contribution in [2.24, 2.45) is 0 Å². The molecule has 2 aromatic carbocycles. The van der Waals surface area contributed by atoms with E-state index in [1.807, 2.05) is 18.2 Å². The maximum Gasteiger partial charge on any atom is 0.127 e. The van der Waals surface area contributed by atoms with Gasteiger partial charge in [-0.2, -0.15) is 0 Å². The Morgan fingerprint density at radius 2 is 1.95 bits per heavy atom. The number of likely N-dealkylation sites (N-methyl/N-ethyl adjacent to an activating group) is 1. The standard InChI is InChI=1S/C17H18Br2FN/c1-3-21-16(14-6-4-5-11(2)17(14)19)9-12-7-8-13(18)10-15(12)20/h4-8,10,16,21H,3,9H2,1-2H3. The molecule has 0 spiro atoms. The molecule has 4 heteroatoms. The van der Waals surface area contributed by atoms with Gasteiger partial charge >= 0.3 is 0 Å². The molecule has 0 bridgehead atoms. The highest BCUT2D eigenvalue weighted by molar-refractivity contribution is 9.10. The minimum absolute atomic E-state index is 0.0833. The monoisotopic (exact) mass is 413 g/mol. The number of rotatable bonds is 5. The molecule has 0 aliphatic heterocycles. The Morgan fingerprint density at radius 3 is 2.62 bits per heavy atom. The summed E-state index contributed by atoms with van der Waals surface area (Å²) >= 11 is 6.95. The lowest BCUT2D eigenvalue weighted by Crippen LogP contribution is -2.24. The first kappa shape index (κ1) is 16.7. The topological polar surface area (TPSA) is 12.0 Å². The normalized spacial score (nSPS) is 12.4. The van der Waals surface area contributed by atoms with Gasteiger partial charge in [-0.05, 0) is 48.7 Å².